The Morgan fingerprint density at radius 1 is 0.905 bits per heavy atom. The van der Waals surface area contributed by atoms with Gasteiger partial charge in [-0.3, -0.25) is 0 Å². The molecule has 122 valence electrons. The van der Waals surface area contributed by atoms with Gasteiger partial charge in [0.25, 0.3) is 0 Å². The lowest BCUT2D eigenvalue weighted by Gasteiger charge is -2.26. The minimum Gasteiger partial charge on any atom is -0.339 e. The molecule has 0 amide bonds. The summed E-state index contributed by atoms with van der Waals surface area (Å²) in [6.07, 6.45) is 9.55. The van der Waals surface area contributed by atoms with Crippen molar-refractivity contribution in [2.75, 3.05) is 0 Å². The van der Waals surface area contributed by atoms with Gasteiger partial charge < -0.3 is 4.52 Å². The van der Waals surface area contributed by atoms with E-state index in [2.05, 4.69) is 46.7 Å². The van der Waals surface area contributed by atoms with Crippen molar-refractivity contribution in [1.29, 1.82) is 0 Å². The zero-order chi connectivity index (χ0) is 15.9. The molecule has 1 aromatic rings. The summed E-state index contributed by atoms with van der Waals surface area (Å²) in [5.74, 6) is 1.71. The topological polar surface area (TPSA) is 38.9 Å². The Morgan fingerprint density at radius 3 is 2.10 bits per heavy atom. The van der Waals surface area contributed by atoms with Gasteiger partial charge >= 0.3 is 0 Å². The Labute approximate surface area is 130 Å². The summed E-state index contributed by atoms with van der Waals surface area (Å²) in [4.78, 5) is 4.78. The Bertz CT molecular complexity index is 411. The predicted molar refractivity (Wildman–Crippen MR) is 88.6 cm³/mol. The highest BCUT2D eigenvalue weighted by atomic mass is 16.5. The highest BCUT2D eigenvalue weighted by molar-refractivity contribution is 5.08. The number of aromatic nitrogens is 2. The van der Waals surface area contributed by atoms with E-state index < -0.39 is 0 Å². The zero-order valence-electron chi connectivity index (χ0n) is 15.0. The van der Waals surface area contributed by atoms with E-state index in [1.165, 1.54) is 32.1 Å². The third kappa shape index (κ3) is 4.82. The summed E-state index contributed by atoms with van der Waals surface area (Å²) in [6.45, 7) is 13.3. The first-order chi connectivity index (χ1) is 9.89. The summed E-state index contributed by atoms with van der Waals surface area (Å²) >= 11 is 0. The quantitative estimate of drug-likeness (QED) is 0.513. The predicted octanol–water partition coefficient (Wildman–Crippen LogP) is 5.79. The van der Waals surface area contributed by atoms with Crippen LogP contribution in [0.15, 0.2) is 4.52 Å². The van der Waals surface area contributed by atoms with Gasteiger partial charge in [0.1, 0.15) is 0 Å². The fourth-order valence-electron chi connectivity index (χ4n) is 2.58. The average molecular weight is 294 g/mol. The molecule has 3 nitrogen and oxygen atoms in total. The molecule has 0 aliphatic heterocycles. The molecule has 0 saturated carbocycles. The van der Waals surface area contributed by atoms with Crippen LogP contribution in [0, 0.1) is 0 Å². The second kappa shape index (κ2) is 7.95. The molecule has 0 radical (unpaired) electrons. The van der Waals surface area contributed by atoms with Gasteiger partial charge in [0.2, 0.25) is 5.89 Å². The molecule has 0 aromatic carbocycles. The van der Waals surface area contributed by atoms with Crippen LogP contribution in [0.4, 0.5) is 0 Å². The van der Waals surface area contributed by atoms with Gasteiger partial charge in [-0.2, -0.15) is 4.98 Å². The Morgan fingerprint density at radius 2 is 1.52 bits per heavy atom. The molecule has 1 unspecified atom stereocenters. The second-order valence-electron chi connectivity index (χ2n) is 7.28. The van der Waals surface area contributed by atoms with Gasteiger partial charge in [-0.1, -0.05) is 78.8 Å². The van der Waals surface area contributed by atoms with Crippen molar-refractivity contribution in [3.05, 3.63) is 11.7 Å². The number of nitrogens with zero attached hydrogens (tertiary/aromatic N) is 2. The molecule has 0 bridgehead atoms. The molecule has 1 atom stereocenters. The third-order valence-electron chi connectivity index (χ3n) is 4.84. The molecule has 0 aliphatic carbocycles. The molecule has 0 aliphatic rings. The van der Waals surface area contributed by atoms with E-state index in [1.807, 2.05) is 0 Å². The lowest BCUT2D eigenvalue weighted by molar-refractivity contribution is 0.288. The van der Waals surface area contributed by atoms with Crippen LogP contribution in [0.2, 0.25) is 0 Å². The maximum absolute atomic E-state index is 5.59. The minimum atomic E-state index is -0.0274. The number of rotatable bonds is 10. The number of hydrogen-bond acceptors (Lipinski definition) is 3. The Balaban J connectivity index is 2.92. The normalized spacial score (nSPS) is 15.1. The van der Waals surface area contributed by atoms with Crippen molar-refractivity contribution in [2.24, 2.45) is 0 Å². The van der Waals surface area contributed by atoms with Crippen molar-refractivity contribution >= 4 is 0 Å². The molecule has 0 spiro atoms. The first kappa shape index (κ1) is 18.2. The Kier molecular flexibility index (Phi) is 6.89. The van der Waals surface area contributed by atoms with Crippen LogP contribution in [-0.4, -0.2) is 10.1 Å². The SMILES string of the molecule is CCCCCC(C)(CCCC)c1noc(C(C)(C)CC)n1. The van der Waals surface area contributed by atoms with Crippen LogP contribution in [-0.2, 0) is 10.8 Å². The van der Waals surface area contributed by atoms with E-state index in [1.54, 1.807) is 0 Å². The van der Waals surface area contributed by atoms with E-state index in [4.69, 9.17) is 9.51 Å². The molecule has 1 aromatic heterocycles. The largest absolute Gasteiger partial charge is 0.339 e. The number of hydrogen-bond donors (Lipinski definition) is 0. The zero-order valence-corrected chi connectivity index (χ0v) is 15.0. The summed E-state index contributed by atoms with van der Waals surface area (Å²) in [5.41, 5.74) is 0.0388. The maximum Gasteiger partial charge on any atom is 0.232 e. The highest BCUT2D eigenvalue weighted by Gasteiger charge is 2.33. The van der Waals surface area contributed by atoms with Gasteiger partial charge in [0.05, 0.1) is 0 Å². The molecule has 0 N–H and O–H groups in total. The minimum absolute atomic E-state index is 0.0274. The molecule has 0 fully saturated rings. The van der Waals surface area contributed by atoms with E-state index in [0.29, 0.717) is 0 Å². The number of unbranched alkanes of at least 4 members (excludes halogenated alkanes) is 3. The van der Waals surface area contributed by atoms with Crippen molar-refractivity contribution in [2.45, 2.75) is 104 Å². The van der Waals surface area contributed by atoms with Crippen LogP contribution >= 0.6 is 0 Å². The summed E-state index contributed by atoms with van der Waals surface area (Å²) in [7, 11) is 0. The lowest BCUT2D eigenvalue weighted by Crippen LogP contribution is -2.24. The molecule has 21 heavy (non-hydrogen) atoms. The van der Waals surface area contributed by atoms with Gasteiger partial charge in [-0.25, -0.2) is 0 Å². The lowest BCUT2D eigenvalue weighted by atomic mass is 9.79. The van der Waals surface area contributed by atoms with Gasteiger partial charge in [-0.05, 0) is 19.3 Å². The van der Waals surface area contributed by atoms with Crippen molar-refractivity contribution in [3.63, 3.8) is 0 Å². The van der Waals surface area contributed by atoms with Gasteiger partial charge in [0.15, 0.2) is 5.82 Å². The third-order valence-corrected chi connectivity index (χ3v) is 4.84. The van der Waals surface area contributed by atoms with Crippen molar-refractivity contribution < 1.29 is 4.52 Å². The molecule has 1 heterocycles. The van der Waals surface area contributed by atoms with Gasteiger partial charge in [0, 0.05) is 10.8 Å². The van der Waals surface area contributed by atoms with Crippen LogP contribution in [0.3, 0.4) is 0 Å². The standard InChI is InChI=1S/C18H34N2O/c1-7-10-12-14-18(6,13-11-8-2)15-19-16(21-20-15)17(4,5)9-3/h7-14H2,1-6H3. The van der Waals surface area contributed by atoms with E-state index in [9.17, 15) is 0 Å². The van der Waals surface area contributed by atoms with Crippen LogP contribution < -0.4 is 0 Å². The first-order valence-corrected chi connectivity index (χ1v) is 8.74. The monoisotopic (exact) mass is 294 g/mol. The molecule has 0 saturated heterocycles. The molecular formula is C18H34N2O. The van der Waals surface area contributed by atoms with Crippen LogP contribution in [0.5, 0.6) is 0 Å². The van der Waals surface area contributed by atoms with Crippen LogP contribution in [0.25, 0.3) is 0 Å². The molecular weight excluding hydrogens is 260 g/mol. The molecule has 3 heteroatoms. The smallest absolute Gasteiger partial charge is 0.232 e. The Hall–Kier alpha value is -0.860. The fraction of sp³-hybridized carbons (Fsp3) is 0.889. The highest BCUT2D eigenvalue weighted by Crippen LogP contribution is 2.35. The molecule has 1 rings (SSSR count). The first-order valence-electron chi connectivity index (χ1n) is 8.74. The maximum atomic E-state index is 5.59. The second-order valence-corrected chi connectivity index (χ2v) is 7.28. The summed E-state index contributed by atoms with van der Waals surface area (Å²) < 4.78 is 5.59. The van der Waals surface area contributed by atoms with E-state index in [0.717, 1.165) is 31.0 Å². The van der Waals surface area contributed by atoms with Gasteiger partial charge in [-0.15, -0.1) is 0 Å². The summed E-state index contributed by atoms with van der Waals surface area (Å²) in [6, 6.07) is 0. The average Bonchev–Trinajstić information content (AvgIpc) is 2.97. The van der Waals surface area contributed by atoms with Crippen molar-refractivity contribution in [3.8, 4) is 0 Å². The summed E-state index contributed by atoms with van der Waals surface area (Å²) in [5, 5.41) is 4.35. The van der Waals surface area contributed by atoms with E-state index in [-0.39, 0.29) is 10.8 Å². The van der Waals surface area contributed by atoms with Crippen LogP contribution in [0.1, 0.15) is 105 Å². The van der Waals surface area contributed by atoms with E-state index >= 15 is 0 Å². The van der Waals surface area contributed by atoms with Crippen molar-refractivity contribution in [1.82, 2.24) is 10.1 Å². The fourth-order valence-corrected chi connectivity index (χ4v) is 2.58.